The van der Waals surface area contributed by atoms with Gasteiger partial charge in [-0.3, -0.25) is 0 Å². The van der Waals surface area contributed by atoms with Gasteiger partial charge >= 0.3 is 12.1 Å². The van der Waals surface area contributed by atoms with Crippen molar-refractivity contribution >= 4 is 55.7 Å². The molecule has 16 heteroatoms. The summed E-state index contributed by atoms with van der Waals surface area (Å²) in [6.07, 6.45) is -5.06. The number of rotatable bonds is 6. The van der Waals surface area contributed by atoms with Crippen molar-refractivity contribution < 1.29 is 40.0 Å². The molecule has 0 unspecified atom stereocenters. The van der Waals surface area contributed by atoms with E-state index < -0.39 is 45.8 Å². The van der Waals surface area contributed by atoms with Gasteiger partial charge in [-0.05, 0) is 40.9 Å². The third kappa shape index (κ3) is 5.89. The highest BCUT2D eigenvalue weighted by Gasteiger charge is 2.44. The van der Waals surface area contributed by atoms with Gasteiger partial charge in [-0.15, -0.1) is 0 Å². The minimum absolute atomic E-state index is 0.0484. The fourth-order valence-electron chi connectivity index (χ4n) is 3.75. The van der Waals surface area contributed by atoms with Gasteiger partial charge in [0.05, 0.1) is 21.8 Å². The topological polar surface area (TPSA) is 105 Å². The van der Waals surface area contributed by atoms with Crippen LogP contribution in [-0.4, -0.2) is 61.1 Å². The van der Waals surface area contributed by atoms with Crippen LogP contribution in [0, 0.1) is 0 Å². The second-order valence-corrected chi connectivity index (χ2v) is 10.7. The second-order valence-electron chi connectivity index (χ2n) is 8.32. The lowest BCUT2D eigenvalue weighted by Crippen LogP contribution is -2.39. The van der Waals surface area contributed by atoms with Crippen molar-refractivity contribution in [3.05, 3.63) is 47.7 Å². The Bertz CT molecular complexity index is 1480. The molecule has 38 heavy (non-hydrogen) atoms. The first-order chi connectivity index (χ1) is 17.7. The Balaban J connectivity index is 1.76. The highest BCUT2D eigenvalue weighted by Crippen LogP contribution is 2.37. The minimum Gasteiger partial charge on any atom is -0.369 e. The zero-order chi connectivity index (χ0) is 27.9. The summed E-state index contributed by atoms with van der Waals surface area (Å²) in [5.74, 6) is -5.37. The van der Waals surface area contributed by atoms with Crippen LogP contribution in [0.3, 0.4) is 0 Å². The van der Waals surface area contributed by atoms with Crippen molar-refractivity contribution in [2.45, 2.75) is 29.8 Å². The Morgan fingerprint density at radius 1 is 1.13 bits per heavy atom. The van der Waals surface area contributed by atoms with Gasteiger partial charge in [-0.25, -0.2) is 32.0 Å². The number of aromatic nitrogens is 2. The number of nitrogens with zero attached hydrogens (tertiary/aromatic N) is 4. The van der Waals surface area contributed by atoms with E-state index in [4.69, 9.17) is 11.6 Å². The van der Waals surface area contributed by atoms with Gasteiger partial charge in [0.15, 0.2) is 0 Å². The number of hydrogen-bond acceptors (Lipinski definition) is 8. The van der Waals surface area contributed by atoms with E-state index >= 15 is 0 Å². The highest BCUT2D eigenvalue weighted by molar-refractivity contribution is 7.89. The molecule has 204 valence electrons. The van der Waals surface area contributed by atoms with Crippen LogP contribution in [-0.2, 0) is 19.7 Å². The molecule has 0 atom stereocenters. The van der Waals surface area contributed by atoms with Crippen molar-refractivity contribution in [3.63, 3.8) is 0 Å². The molecule has 1 fully saturated rings. The van der Waals surface area contributed by atoms with Crippen LogP contribution in [0.2, 0.25) is 5.02 Å². The molecule has 2 aromatic carbocycles. The van der Waals surface area contributed by atoms with E-state index in [0.717, 1.165) is 12.1 Å². The summed E-state index contributed by atoms with van der Waals surface area (Å²) in [6.45, 7) is -0.0968. The zero-order valence-corrected chi connectivity index (χ0v) is 21.0. The predicted molar refractivity (Wildman–Crippen MR) is 128 cm³/mol. The van der Waals surface area contributed by atoms with Crippen molar-refractivity contribution in [2.24, 2.45) is 0 Å². The van der Waals surface area contributed by atoms with Crippen molar-refractivity contribution in [3.8, 4) is 0 Å². The molecule has 0 bridgehead atoms. The van der Waals surface area contributed by atoms with E-state index in [1.165, 1.54) is 12.4 Å². The van der Waals surface area contributed by atoms with E-state index in [-0.39, 0.29) is 29.1 Å². The average molecular weight is 580 g/mol. The van der Waals surface area contributed by atoms with Gasteiger partial charge in [-0.2, -0.15) is 13.2 Å². The lowest BCUT2D eigenvalue weighted by Gasteiger charge is -2.34. The number of carbonyl (C=O) groups is 1. The Kier molecular flexibility index (Phi) is 7.38. The first kappa shape index (κ1) is 27.7. The summed E-state index contributed by atoms with van der Waals surface area (Å²) >= 11 is 6.10. The molecule has 4 rings (SSSR count). The van der Waals surface area contributed by atoms with Gasteiger partial charge in [0, 0.05) is 43.4 Å². The van der Waals surface area contributed by atoms with Gasteiger partial charge in [0.1, 0.15) is 12.1 Å². The standard InChI is InChI=1S/C22H19ClF5N5O4S/c1-32(37-20(34)22(26,27)28)38(35,36)14-3-5-18(33-8-6-21(24,25)7-9-33)17(11-14)31-19-15-10-13(23)2-4-16(15)29-12-30-19/h2-5,10-12H,6-9H2,1H3,(H,29,30,31). The average Bonchev–Trinajstić information content (AvgIpc) is 2.84. The molecule has 1 aromatic heterocycles. The molecule has 0 aliphatic carbocycles. The van der Waals surface area contributed by atoms with Crippen molar-refractivity contribution in [1.82, 2.24) is 14.4 Å². The molecule has 2 heterocycles. The molecular weight excluding hydrogens is 561 g/mol. The second kappa shape index (κ2) is 10.1. The highest BCUT2D eigenvalue weighted by atomic mass is 35.5. The summed E-state index contributed by atoms with van der Waals surface area (Å²) in [6, 6.07) is 8.25. The fourth-order valence-corrected chi connectivity index (χ4v) is 4.89. The SMILES string of the molecule is CN(OC(=O)C(F)(F)F)S(=O)(=O)c1ccc(N2CCC(F)(F)CC2)c(Nc2ncnc3ccc(Cl)cc23)c1. The van der Waals surface area contributed by atoms with Gasteiger partial charge < -0.3 is 15.1 Å². The number of hydrogen-bond donors (Lipinski definition) is 1. The molecule has 3 aromatic rings. The van der Waals surface area contributed by atoms with Crippen LogP contribution < -0.4 is 10.2 Å². The molecule has 1 saturated heterocycles. The van der Waals surface area contributed by atoms with E-state index in [9.17, 15) is 35.2 Å². The summed E-state index contributed by atoms with van der Waals surface area (Å²) in [7, 11) is -4.13. The van der Waals surface area contributed by atoms with Crippen LogP contribution in [0.5, 0.6) is 0 Å². The molecule has 9 nitrogen and oxygen atoms in total. The van der Waals surface area contributed by atoms with E-state index in [2.05, 4.69) is 20.1 Å². The van der Waals surface area contributed by atoms with Crippen LogP contribution in [0.1, 0.15) is 12.8 Å². The first-order valence-electron chi connectivity index (χ1n) is 10.9. The maximum absolute atomic E-state index is 13.8. The van der Waals surface area contributed by atoms with Crippen molar-refractivity contribution in [1.29, 1.82) is 0 Å². The Morgan fingerprint density at radius 2 is 1.82 bits per heavy atom. The number of fused-ring (bicyclic) bond motifs is 1. The minimum atomic E-state index is -5.42. The number of nitrogens with one attached hydrogen (secondary N) is 1. The molecular formula is C22H19ClF5N5O4S. The van der Waals surface area contributed by atoms with Gasteiger partial charge in [0.25, 0.3) is 15.9 Å². The zero-order valence-electron chi connectivity index (χ0n) is 19.5. The maximum Gasteiger partial charge on any atom is 0.492 e. The Labute approximate surface area is 218 Å². The number of alkyl halides is 5. The van der Waals surface area contributed by atoms with Gasteiger partial charge in [-0.1, -0.05) is 11.6 Å². The van der Waals surface area contributed by atoms with Crippen molar-refractivity contribution in [2.75, 3.05) is 30.4 Å². The van der Waals surface area contributed by atoms with E-state index in [0.29, 0.717) is 28.7 Å². The maximum atomic E-state index is 13.8. The smallest absolute Gasteiger partial charge is 0.369 e. The number of benzene rings is 2. The lowest BCUT2D eigenvalue weighted by atomic mass is 10.1. The quantitative estimate of drug-likeness (QED) is 0.325. The number of halogens is 6. The molecule has 1 aliphatic rings. The lowest BCUT2D eigenvalue weighted by molar-refractivity contribution is -0.219. The predicted octanol–water partition coefficient (Wildman–Crippen LogP) is 4.90. The summed E-state index contributed by atoms with van der Waals surface area (Å²) in [4.78, 5) is 24.5. The number of piperidine rings is 1. The summed E-state index contributed by atoms with van der Waals surface area (Å²) in [5, 5.41) is 3.79. The normalized spacial score (nSPS) is 16.1. The van der Waals surface area contributed by atoms with E-state index in [1.807, 2.05) is 0 Å². The summed E-state index contributed by atoms with van der Waals surface area (Å²) in [5.41, 5.74) is 0.920. The van der Waals surface area contributed by atoms with Crippen LogP contribution in [0.15, 0.2) is 47.6 Å². The monoisotopic (exact) mass is 579 g/mol. The van der Waals surface area contributed by atoms with Crippen LogP contribution in [0.4, 0.5) is 39.1 Å². The molecule has 0 saturated carbocycles. The number of hydroxylamine groups is 1. The molecule has 0 spiro atoms. The molecule has 0 radical (unpaired) electrons. The Morgan fingerprint density at radius 3 is 2.47 bits per heavy atom. The number of sulfonamides is 1. The van der Waals surface area contributed by atoms with Gasteiger partial charge in [0.2, 0.25) is 0 Å². The Hall–Kier alpha value is -3.30. The molecule has 0 amide bonds. The largest absolute Gasteiger partial charge is 0.492 e. The molecule has 1 N–H and O–H groups in total. The van der Waals surface area contributed by atoms with Crippen LogP contribution in [0.25, 0.3) is 10.9 Å². The van der Waals surface area contributed by atoms with Crippen LogP contribution >= 0.6 is 11.6 Å². The third-order valence-corrected chi connectivity index (χ3v) is 7.57. The number of anilines is 3. The number of carbonyl (C=O) groups excluding carboxylic acids is 1. The summed E-state index contributed by atoms with van der Waals surface area (Å²) < 4.78 is 91.0. The van der Waals surface area contributed by atoms with E-state index in [1.54, 1.807) is 23.1 Å². The molecule has 1 aliphatic heterocycles. The third-order valence-electron chi connectivity index (χ3n) is 5.73. The fraction of sp³-hybridized carbons (Fsp3) is 0.318. The first-order valence-corrected chi connectivity index (χ1v) is 12.7.